The molecular weight excluding hydrogens is 429 g/mol. The van der Waals surface area contributed by atoms with Crippen LogP contribution in [-0.4, -0.2) is 31.2 Å². The largest absolute Gasteiger partial charge is 0.399 e. The molecule has 1 fully saturated rings. The first-order valence-electron chi connectivity index (χ1n) is 9.33. The van der Waals surface area contributed by atoms with Crippen molar-refractivity contribution in [1.82, 2.24) is 4.31 Å². The molecule has 0 saturated carbocycles. The SMILES string of the molecule is Nc1ccc(F)c(NC(=O)[C@H]2CCCN2S(=O)(=O)c2ccc3cc(Cl)ccc3c2)c1. The Morgan fingerprint density at radius 2 is 1.83 bits per heavy atom. The number of hydrogen-bond acceptors (Lipinski definition) is 4. The summed E-state index contributed by atoms with van der Waals surface area (Å²) < 4.78 is 41.7. The van der Waals surface area contributed by atoms with Gasteiger partial charge in [-0.05, 0) is 66.1 Å². The van der Waals surface area contributed by atoms with Crippen molar-refractivity contribution in [3.05, 3.63) is 65.4 Å². The minimum Gasteiger partial charge on any atom is -0.399 e. The molecule has 3 aromatic rings. The number of anilines is 2. The summed E-state index contributed by atoms with van der Waals surface area (Å²) in [5.74, 6) is -1.23. The summed E-state index contributed by atoms with van der Waals surface area (Å²) in [5.41, 5.74) is 5.87. The van der Waals surface area contributed by atoms with Gasteiger partial charge >= 0.3 is 0 Å². The van der Waals surface area contributed by atoms with E-state index in [1.54, 1.807) is 30.3 Å². The molecule has 0 bridgehead atoms. The highest BCUT2D eigenvalue weighted by Gasteiger charge is 2.39. The average molecular weight is 448 g/mol. The number of benzene rings is 3. The van der Waals surface area contributed by atoms with Gasteiger partial charge in [-0.1, -0.05) is 23.7 Å². The fourth-order valence-corrected chi connectivity index (χ4v) is 5.51. The second-order valence-corrected chi connectivity index (χ2v) is 9.48. The molecular formula is C21H19ClFN3O3S. The first kappa shape index (κ1) is 20.6. The lowest BCUT2D eigenvalue weighted by Crippen LogP contribution is -2.43. The fraction of sp³-hybridized carbons (Fsp3) is 0.190. The Kier molecular flexibility index (Phi) is 5.40. The van der Waals surface area contributed by atoms with Crippen molar-refractivity contribution in [2.24, 2.45) is 0 Å². The molecule has 0 aliphatic carbocycles. The zero-order valence-electron chi connectivity index (χ0n) is 15.8. The van der Waals surface area contributed by atoms with E-state index in [-0.39, 0.29) is 17.1 Å². The van der Waals surface area contributed by atoms with E-state index in [4.69, 9.17) is 17.3 Å². The highest BCUT2D eigenvalue weighted by molar-refractivity contribution is 7.89. The molecule has 30 heavy (non-hydrogen) atoms. The molecule has 0 spiro atoms. The van der Waals surface area contributed by atoms with Gasteiger partial charge in [-0.25, -0.2) is 12.8 Å². The average Bonchev–Trinajstić information content (AvgIpc) is 3.21. The summed E-state index contributed by atoms with van der Waals surface area (Å²) in [7, 11) is -3.92. The lowest BCUT2D eigenvalue weighted by atomic mass is 10.1. The predicted molar refractivity (Wildman–Crippen MR) is 115 cm³/mol. The number of nitrogens with zero attached hydrogens (tertiary/aromatic N) is 1. The molecule has 0 unspecified atom stereocenters. The molecule has 4 rings (SSSR count). The topological polar surface area (TPSA) is 92.5 Å². The Balaban J connectivity index is 1.62. The van der Waals surface area contributed by atoms with Crippen LogP contribution in [0.15, 0.2) is 59.5 Å². The number of carbonyl (C=O) groups excluding carboxylic acids is 1. The highest BCUT2D eigenvalue weighted by atomic mass is 35.5. The molecule has 1 saturated heterocycles. The zero-order valence-corrected chi connectivity index (χ0v) is 17.4. The van der Waals surface area contributed by atoms with E-state index in [0.29, 0.717) is 23.6 Å². The van der Waals surface area contributed by atoms with Crippen molar-refractivity contribution >= 4 is 49.7 Å². The Morgan fingerprint density at radius 1 is 1.10 bits per heavy atom. The van der Waals surface area contributed by atoms with Gasteiger partial charge in [0.1, 0.15) is 11.9 Å². The first-order chi connectivity index (χ1) is 14.3. The molecule has 3 aromatic carbocycles. The minimum atomic E-state index is -3.92. The van der Waals surface area contributed by atoms with E-state index >= 15 is 0 Å². The molecule has 1 amide bonds. The van der Waals surface area contributed by atoms with Crippen LogP contribution in [0.5, 0.6) is 0 Å². The fourth-order valence-electron chi connectivity index (χ4n) is 3.64. The standard InChI is InChI=1S/C21H19ClFN3O3S/c22-15-5-3-14-11-17(7-4-13(14)10-15)30(28,29)26-9-1-2-20(26)21(27)25-19-12-16(24)6-8-18(19)23/h3-8,10-12,20H,1-2,9,24H2,(H,25,27)/t20-/m1/s1. The van der Waals surface area contributed by atoms with Crippen LogP contribution in [0.1, 0.15) is 12.8 Å². The number of hydrogen-bond donors (Lipinski definition) is 2. The molecule has 0 radical (unpaired) electrons. The third kappa shape index (κ3) is 3.86. The van der Waals surface area contributed by atoms with E-state index in [1.165, 1.54) is 22.5 Å². The highest BCUT2D eigenvalue weighted by Crippen LogP contribution is 2.30. The lowest BCUT2D eigenvalue weighted by molar-refractivity contribution is -0.119. The molecule has 1 aliphatic rings. The van der Waals surface area contributed by atoms with Gasteiger partial charge in [0.05, 0.1) is 10.6 Å². The van der Waals surface area contributed by atoms with Crippen LogP contribution in [0.25, 0.3) is 10.8 Å². The normalized spacial score (nSPS) is 17.3. The van der Waals surface area contributed by atoms with Crippen LogP contribution in [0, 0.1) is 5.82 Å². The Morgan fingerprint density at radius 3 is 2.63 bits per heavy atom. The van der Waals surface area contributed by atoms with E-state index in [0.717, 1.165) is 16.8 Å². The molecule has 9 heteroatoms. The number of nitrogen functional groups attached to an aromatic ring is 1. The molecule has 1 aliphatic heterocycles. The van der Waals surface area contributed by atoms with Gasteiger partial charge in [-0.2, -0.15) is 4.31 Å². The van der Waals surface area contributed by atoms with Crippen LogP contribution in [0.3, 0.4) is 0 Å². The summed E-state index contributed by atoms with van der Waals surface area (Å²) in [6.07, 6.45) is 0.873. The van der Waals surface area contributed by atoms with Gasteiger partial charge in [-0.15, -0.1) is 0 Å². The van der Waals surface area contributed by atoms with Gasteiger partial charge < -0.3 is 11.1 Å². The van der Waals surface area contributed by atoms with E-state index < -0.39 is 27.8 Å². The van der Waals surface area contributed by atoms with Crippen LogP contribution < -0.4 is 11.1 Å². The maximum atomic E-state index is 14.0. The summed E-state index contributed by atoms with van der Waals surface area (Å²) >= 11 is 5.99. The maximum Gasteiger partial charge on any atom is 0.243 e. The first-order valence-corrected chi connectivity index (χ1v) is 11.1. The third-order valence-electron chi connectivity index (χ3n) is 5.13. The van der Waals surface area contributed by atoms with Gasteiger partial charge in [0.2, 0.25) is 15.9 Å². The summed E-state index contributed by atoms with van der Waals surface area (Å²) in [4.78, 5) is 12.9. The third-order valence-corrected chi connectivity index (χ3v) is 7.27. The number of nitrogens with two attached hydrogens (primary N) is 1. The number of halogens is 2. The number of amides is 1. The van der Waals surface area contributed by atoms with Crippen LogP contribution >= 0.6 is 11.6 Å². The summed E-state index contributed by atoms with van der Waals surface area (Å²) in [5, 5.41) is 4.56. The Bertz CT molecular complexity index is 1250. The second-order valence-electron chi connectivity index (χ2n) is 7.16. The van der Waals surface area contributed by atoms with Crippen molar-refractivity contribution in [3.8, 4) is 0 Å². The molecule has 3 N–H and O–H groups in total. The predicted octanol–water partition coefficient (Wildman–Crippen LogP) is 4.01. The molecule has 1 heterocycles. The number of sulfonamides is 1. The molecule has 6 nitrogen and oxygen atoms in total. The van der Waals surface area contributed by atoms with Gasteiger partial charge in [0, 0.05) is 17.3 Å². The second kappa shape index (κ2) is 7.86. The monoisotopic (exact) mass is 447 g/mol. The van der Waals surface area contributed by atoms with Gasteiger partial charge in [-0.3, -0.25) is 4.79 Å². The van der Waals surface area contributed by atoms with E-state index in [1.807, 2.05) is 0 Å². The van der Waals surface area contributed by atoms with Crippen molar-refractivity contribution in [2.75, 3.05) is 17.6 Å². The number of rotatable bonds is 4. The van der Waals surface area contributed by atoms with Crippen LogP contribution in [0.4, 0.5) is 15.8 Å². The summed E-state index contributed by atoms with van der Waals surface area (Å²) in [6, 6.07) is 12.8. The van der Waals surface area contributed by atoms with Crippen molar-refractivity contribution in [3.63, 3.8) is 0 Å². The van der Waals surface area contributed by atoms with Gasteiger partial charge in [0.25, 0.3) is 0 Å². The lowest BCUT2D eigenvalue weighted by Gasteiger charge is -2.23. The van der Waals surface area contributed by atoms with Crippen molar-refractivity contribution in [2.45, 2.75) is 23.8 Å². The number of fused-ring (bicyclic) bond motifs is 1. The molecule has 156 valence electrons. The maximum absolute atomic E-state index is 14.0. The zero-order chi connectivity index (χ0) is 21.5. The number of nitrogens with one attached hydrogen (secondary N) is 1. The minimum absolute atomic E-state index is 0.0770. The summed E-state index contributed by atoms with van der Waals surface area (Å²) in [6.45, 7) is 0.207. The van der Waals surface area contributed by atoms with E-state index in [9.17, 15) is 17.6 Å². The Hall–Kier alpha value is -2.68. The molecule has 0 aromatic heterocycles. The van der Waals surface area contributed by atoms with Gasteiger partial charge in [0.15, 0.2) is 0 Å². The number of carbonyl (C=O) groups is 1. The smallest absolute Gasteiger partial charge is 0.243 e. The van der Waals surface area contributed by atoms with Crippen LogP contribution in [0.2, 0.25) is 5.02 Å². The Labute approximate surface area is 178 Å². The quantitative estimate of drug-likeness (QED) is 0.591. The van der Waals surface area contributed by atoms with Crippen LogP contribution in [-0.2, 0) is 14.8 Å². The van der Waals surface area contributed by atoms with E-state index in [2.05, 4.69) is 5.32 Å². The van der Waals surface area contributed by atoms with Crippen molar-refractivity contribution in [1.29, 1.82) is 0 Å². The van der Waals surface area contributed by atoms with Crippen molar-refractivity contribution < 1.29 is 17.6 Å². The molecule has 1 atom stereocenters.